The molecule has 2 fully saturated rings. The Labute approximate surface area is 103 Å². The van der Waals surface area contributed by atoms with E-state index < -0.39 is 0 Å². The van der Waals surface area contributed by atoms with Gasteiger partial charge < -0.3 is 10.6 Å². The number of amides is 1. The number of carbonyl (C=O) groups excluding carboxylic acids is 1. The summed E-state index contributed by atoms with van der Waals surface area (Å²) in [5.74, 6) is 1.68. The summed E-state index contributed by atoms with van der Waals surface area (Å²) >= 11 is 0. The average molecular weight is 237 g/mol. The first-order valence-corrected chi connectivity index (χ1v) is 6.55. The topological polar surface area (TPSA) is 44.4 Å². The number of nitrogens with zero attached hydrogens (tertiary/aromatic N) is 1. The SMILES string of the molecule is C=CCNC(=O)C(C)N1CCC2CNCC2C1. The van der Waals surface area contributed by atoms with E-state index in [4.69, 9.17) is 0 Å². The van der Waals surface area contributed by atoms with Crippen molar-refractivity contribution in [2.45, 2.75) is 19.4 Å². The van der Waals surface area contributed by atoms with Crippen molar-refractivity contribution >= 4 is 5.91 Å². The second kappa shape index (κ2) is 5.65. The number of piperidine rings is 1. The van der Waals surface area contributed by atoms with Crippen molar-refractivity contribution in [3.05, 3.63) is 12.7 Å². The molecule has 0 bridgehead atoms. The Bertz CT molecular complexity index is 292. The van der Waals surface area contributed by atoms with Gasteiger partial charge in [-0.1, -0.05) is 6.08 Å². The third-order valence-corrected chi connectivity index (χ3v) is 4.08. The van der Waals surface area contributed by atoms with E-state index in [2.05, 4.69) is 22.1 Å². The van der Waals surface area contributed by atoms with Gasteiger partial charge in [0.05, 0.1) is 6.04 Å². The van der Waals surface area contributed by atoms with Crippen molar-refractivity contribution in [1.29, 1.82) is 0 Å². The van der Waals surface area contributed by atoms with Crippen LogP contribution in [0.1, 0.15) is 13.3 Å². The van der Waals surface area contributed by atoms with Crippen LogP contribution in [-0.4, -0.2) is 49.6 Å². The Morgan fingerprint density at radius 3 is 3.12 bits per heavy atom. The predicted molar refractivity (Wildman–Crippen MR) is 68.7 cm³/mol. The number of hydrogen-bond donors (Lipinski definition) is 2. The summed E-state index contributed by atoms with van der Waals surface area (Å²) in [6.07, 6.45) is 2.94. The van der Waals surface area contributed by atoms with E-state index >= 15 is 0 Å². The monoisotopic (exact) mass is 237 g/mol. The van der Waals surface area contributed by atoms with Gasteiger partial charge in [0.15, 0.2) is 0 Å². The highest BCUT2D eigenvalue weighted by atomic mass is 16.2. The first-order chi connectivity index (χ1) is 8.22. The molecule has 3 unspecified atom stereocenters. The molecule has 17 heavy (non-hydrogen) atoms. The van der Waals surface area contributed by atoms with Crippen LogP contribution in [0, 0.1) is 11.8 Å². The summed E-state index contributed by atoms with van der Waals surface area (Å²) in [7, 11) is 0. The van der Waals surface area contributed by atoms with Crippen LogP contribution in [0.25, 0.3) is 0 Å². The van der Waals surface area contributed by atoms with Crippen LogP contribution in [0.2, 0.25) is 0 Å². The Morgan fingerprint density at radius 2 is 2.35 bits per heavy atom. The van der Waals surface area contributed by atoms with Crippen molar-refractivity contribution in [2.75, 3.05) is 32.7 Å². The molecule has 96 valence electrons. The molecule has 2 saturated heterocycles. The van der Waals surface area contributed by atoms with Crippen molar-refractivity contribution in [1.82, 2.24) is 15.5 Å². The number of fused-ring (bicyclic) bond motifs is 1. The van der Waals surface area contributed by atoms with E-state index in [0.717, 1.165) is 38.0 Å². The summed E-state index contributed by atoms with van der Waals surface area (Å²) in [4.78, 5) is 14.2. The molecule has 3 atom stereocenters. The number of nitrogens with one attached hydrogen (secondary N) is 2. The minimum absolute atomic E-state index is 0.0171. The maximum Gasteiger partial charge on any atom is 0.237 e. The zero-order valence-corrected chi connectivity index (χ0v) is 10.6. The van der Waals surface area contributed by atoms with E-state index in [1.54, 1.807) is 6.08 Å². The number of carbonyl (C=O) groups is 1. The van der Waals surface area contributed by atoms with Crippen LogP contribution in [-0.2, 0) is 4.79 Å². The molecular formula is C13H23N3O. The molecule has 2 aliphatic rings. The van der Waals surface area contributed by atoms with Gasteiger partial charge in [0, 0.05) is 13.1 Å². The van der Waals surface area contributed by atoms with Crippen LogP contribution in [0.4, 0.5) is 0 Å². The zero-order chi connectivity index (χ0) is 12.3. The minimum atomic E-state index is -0.0171. The van der Waals surface area contributed by atoms with Crippen LogP contribution >= 0.6 is 0 Å². The quantitative estimate of drug-likeness (QED) is 0.688. The van der Waals surface area contributed by atoms with Crippen molar-refractivity contribution < 1.29 is 4.79 Å². The second-order valence-corrected chi connectivity index (χ2v) is 5.17. The average Bonchev–Trinajstić information content (AvgIpc) is 2.81. The van der Waals surface area contributed by atoms with Crippen molar-refractivity contribution in [3.63, 3.8) is 0 Å². The molecule has 0 saturated carbocycles. The fourth-order valence-corrected chi connectivity index (χ4v) is 2.90. The molecule has 2 N–H and O–H groups in total. The molecule has 0 aromatic rings. The molecule has 2 rings (SSSR count). The molecule has 4 nitrogen and oxygen atoms in total. The van der Waals surface area contributed by atoms with E-state index in [9.17, 15) is 4.79 Å². The maximum atomic E-state index is 11.9. The normalized spacial score (nSPS) is 30.6. The molecule has 0 spiro atoms. The molecular weight excluding hydrogens is 214 g/mol. The minimum Gasteiger partial charge on any atom is -0.351 e. The lowest BCUT2D eigenvalue weighted by atomic mass is 9.88. The Hall–Kier alpha value is -0.870. The lowest BCUT2D eigenvalue weighted by molar-refractivity contribution is -0.126. The molecule has 0 aliphatic carbocycles. The van der Waals surface area contributed by atoms with Gasteiger partial charge in [-0.25, -0.2) is 0 Å². The molecule has 1 amide bonds. The van der Waals surface area contributed by atoms with Gasteiger partial charge in [-0.2, -0.15) is 0 Å². The first kappa shape index (κ1) is 12.6. The fraction of sp³-hybridized carbons (Fsp3) is 0.769. The van der Waals surface area contributed by atoms with Gasteiger partial charge in [0.1, 0.15) is 0 Å². The lowest BCUT2D eigenvalue weighted by Crippen LogP contribution is -2.50. The summed E-state index contributed by atoms with van der Waals surface area (Å²) in [6, 6.07) is -0.0171. The van der Waals surface area contributed by atoms with Gasteiger partial charge in [-0.15, -0.1) is 6.58 Å². The van der Waals surface area contributed by atoms with Gasteiger partial charge >= 0.3 is 0 Å². The van der Waals surface area contributed by atoms with Gasteiger partial charge in [0.2, 0.25) is 5.91 Å². The van der Waals surface area contributed by atoms with E-state index in [1.165, 1.54) is 6.42 Å². The summed E-state index contributed by atoms with van der Waals surface area (Å²) in [5, 5.41) is 6.32. The van der Waals surface area contributed by atoms with E-state index in [0.29, 0.717) is 6.54 Å². The summed E-state index contributed by atoms with van der Waals surface area (Å²) < 4.78 is 0. The van der Waals surface area contributed by atoms with E-state index in [1.807, 2.05) is 6.92 Å². The molecule has 4 heteroatoms. The molecule has 0 radical (unpaired) electrons. The molecule has 0 aromatic carbocycles. The highest BCUT2D eigenvalue weighted by molar-refractivity contribution is 5.81. The van der Waals surface area contributed by atoms with Crippen molar-refractivity contribution in [3.8, 4) is 0 Å². The summed E-state index contributed by atoms with van der Waals surface area (Å²) in [5.41, 5.74) is 0. The number of likely N-dealkylation sites (tertiary alicyclic amines) is 1. The lowest BCUT2D eigenvalue weighted by Gasteiger charge is -2.37. The third-order valence-electron chi connectivity index (χ3n) is 4.08. The van der Waals surface area contributed by atoms with Crippen LogP contribution < -0.4 is 10.6 Å². The van der Waals surface area contributed by atoms with Gasteiger partial charge in [-0.05, 0) is 44.8 Å². The van der Waals surface area contributed by atoms with Gasteiger partial charge in [-0.3, -0.25) is 9.69 Å². The fourth-order valence-electron chi connectivity index (χ4n) is 2.90. The summed E-state index contributed by atoms with van der Waals surface area (Å²) in [6.45, 7) is 10.6. The first-order valence-electron chi connectivity index (χ1n) is 6.55. The Balaban J connectivity index is 1.85. The maximum absolute atomic E-state index is 11.9. The predicted octanol–water partition coefficient (Wildman–Crippen LogP) is 0.218. The van der Waals surface area contributed by atoms with Gasteiger partial charge in [0.25, 0.3) is 0 Å². The van der Waals surface area contributed by atoms with E-state index in [-0.39, 0.29) is 11.9 Å². The number of rotatable bonds is 4. The van der Waals surface area contributed by atoms with Crippen LogP contribution in [0.3, 0.4) is 0 Å². The van der Waals surface area contributed by atoms with Crippen LogP contribution in [0.15, 0.2) is 12.7 Å². The van der Waals surface area contributed by atoms with Crippen LogP contribution in [0.5, 0.6) is 0 Å². The van der Waals surface area contributed by atoms with Crippen molar-refractivity contribution in [2.24, 2.45) is 11.8 Å². The smallest absolute Gasteiger partial charge is 0.237 e. The molecule has 2 heterocycles. The standard InChI is InChI=1S/C13H23N3O/c1-3-5-15-13(17)10(2)16-6-4-11-7-14-8-12(11)9-16/h3,10-12,14H,1,4-9H2,2H3,(H,15,17). The Morgan fingerprint density at radius 1 is 1.59 bits per heavy atom. The Kier molecular flexibility index (Phi) is 4.18. The molecule has 2 aliphatic heterocycles. The third kappa shape index (κ3) is 2.87. The largest absolute Gasteiger partial charge is 0.351 e. The zero-order valence-electron chi connectivity index (χ0n) is 10.6. The highest BCUT2D eigenvalue weighted by Crippen LogP contribution is 2.27. The highest BCUT2D eigenvalue weighted by Gasteiger charge is 2.35. The second-order valence-electron chi connectivity index (χ2n) is 5.17. The number of hydrogen-bond acceptors (Lipinski definition) is 3. The molecule has 0 aromatic heterocycles.